The number of fused-ring (bicyclic) bond motifs is 1. The van der Waals surface area contributed by atoms with Crippen molar-refractivity contribution < 1.29 is 14.3 Å². The molecule has 0 saturated carbocycles. The first-order valence-electron chi connectivity index (χ1n) is 6.49. The molecule has 0 unspecified atom stereocenters. The molecule has 0 N–H and O–H groups in total. The molecule has 0 amide bonds. The highest BCUT2D eigenvalue weighted by Gasteiger charge is 2.18. The van der Waals surface area contributed by atoms with Crippen LogP contribution in [0.5, 0.6) is 11.5 Å². The van der Waals surface area contributed by atoms with Crippen LogP contribution in [0.4, 0.5) is 0 Å². The van der Waals surface area contributed by atoms with Gasteiger partial charge in [0.1, 0.15) is 18.1 Å². The maximum absolute atomic E-state index is 11.1. The third-order valence-corrected chi connectivity index (χ3v) is 4.16. The molecule has 1 aliphatic rings. The molecule has 0 aliphatic carbocycles. The van der Waals surface area contributed by atoms with Crippen LogP contribution >= 0.6 is 27.5 Å². The van der Waals surface area contributed by atoms with Gasteiger partial charge in [0.25, 0.3) is 0 Å². The van der Waals surface area contributed by atoms with Gasteiger partial charge in [0.2, 0.25) is 0 Å². The zero-order chi connectivity index (χ0) is 14.8. The van der Waals surface area contributed by atoms with Gasteiger partial charge < -0.3 is 9.47 Å². The summed E-state index contributed by atoms with van der Waals surface area (Å²) in [5.74, 6) is 1.37. The van der Waals surface area contributed by atoms with E-state index in [2.05, 4.69) is 15.9 Å². The highest BCUT2D eigenvalue weighted by atomic mass is 79.9. The van der Waals surface area contributed by atoms with Crippen LogP contribution in [-0.4, -0.2) is 12.9 Å². The van der Waals surface area contributed by atoms with E-state index in [1.165, 1.54) is 0 Å². The number of rotatable bonds is 4. The van der Waals surface area contributed by atoms with E-state index in [0.29, 0.717) is 29.5 Å². The lowest BCUT2D eigenvalue weighted by Crippen LogP contribution is -2.01. The van der Waals surface area contributed by atoms with Gasteiger partial charge in [-0.15, -0.1) is 0 Å². The number of carbonyl (C=O) groups is 1. The fourth-order valence-electron chi connectivity index (χ4n) is 2.37. The molecule has 5 heteroatoms. The van der Waals surface area contributed by atoms with Gasteiger partial charge >= 0.3 is 0 Å². The van der Waals surface area contributed by atoms with E-state index in [1.807, 2.05) is 18.2 Å². The third kappa shape index (κ3) is 2.92. The zero-order valence-electron chi connectivity index (χ0n) is 11.1. The summed E-state index contributed by atoms with van der Waals surface area (Å²) >= 11 is 9.52. The van der Waals surface area contributed by atoms with E-state index in [-0.39, 0.29) is 0 Å². The molecule has 0 radical (unpaired) electrons. The van der Waals surface area contributed by atoms with Gasteiger partial charge in [-0.1, -0.05) is 17.7 Å². The first-order valence-corrected chi connectivity index (χ1v) is 7.66. The molecule has 21 heavy (non-hydrogen) atoms. The van der Waals surface area contributed by atoms with Crippen LogP contribution in [0.3, 0.4) is 0 Å². The van der Waals surface area contributed by atoms with E-state index in [9.17, 15) is 4.79 Å². The Balaban J connectivity index is 1.88. The van der Waals surface area contributed by atoms with Gasteiger partial charge in [-0.2, -0.15) is 0 Å². The number of carbonyl (C=O) groups excluding carboxylic acids is 1. The molecule has 0 spiro atoms. The largest absolute Gasteiger partial charge is 0.493 e. The molecule has 3 rings (SSSR count). The molecular weight excluding hydrogens is 356 g/mol. The lowest BCUT2D eigenvalue weighted by atomic mass is 10.1. The van der Waals surface area contributed by atoms with Gasteiger partial charge in [0.15, 0.2) is 6.29 Å². The second-order valence-electron chi connectivity index (χ2n) is 4.72. The van der Waals surface area contributed by atoms with E-state index in [1.54, 1.807) is 12.1 Å². The summed E-state index contributed by atoms with van der Waals surface area (Å²) in [6.07, 6.45) is 1.64. The molecule has 0 atom stereocenters. The Labute approximate surface area is 136 Å². The van der Waals surface area contributed by atoms with Gasteiger partial charge in [0, 0.05) is 17.0 Å². The first-order chi connectivity index (χ1) is 10.2. The fourth-order valence-corrected chi connectivity index (χ4v) is 3.13. The van der Waals surface area contributed by atoms with Gasteiger partial charge in [-0.05, 0) is 45.8 Å². The van der Waals surface area contributed by atoms with Crippen LogP contribution in [0, 0.1) is 0 Å². The normalized spacial score (nSPS) is 12.7. The van der Waals surface area contributed by atoms with Crippen molar-refractivity contribution in [3.63, 3.8) is 0 Å². The summed E-state index contributed by atoms with van der Waals surface area (Å²) in [7, 11) is 0. The maximum atomic E-state index is 11.1. The molecular formula is C16H12BrClO3. The topological polar surface area (TPSA) is 35.5 Å². The molecule has 0 aromatic heterocycles. The zero-order valence-corrected chi connectivity index (χ0v) is 13.4. The van der Waals surface area contributed by atoms with Crippen molar-refractivity contribution in [2.45, 2.75) is 13.0 Å². The molecule has 0 bridgehead atoms. The lowest BCUT2D eigenvalue weighted by molar-refractivity contribution is 0.111. The number of benzene rings is 2. The predicted molar refractivity (Wildman–Crippen MR) is 84.5 cm³/mol. The Morgan fingerprint density at radius 2 is 2.24 bits per heavy atom. The highest BCUT2D eigenvalue weighted by Crippen LogP contribution is 2.35. The van der Waals surface area contributed by atoms with Gasteiger partial charge in [0.05, 0.1) is 16.6 Å². The fraction of sp³-hybridized carbons (Fsp3) is 0.188. The smallest absolute Gasteiger partial charge is 0.153 e. The maximum Gasteiger partial charge on any atom is 0.153 e. The molecule has 1 heterocycles. The van der Waals surface area contributed by atoms with Crippen molar-refractivity contribution in [1.29, 1.82) is 0 Å². The molecule has 3 nitrogen and oxygen atoms in total. The lowest BCUT2D eigenvalue weighted by Gasteiger charge is -2.13. The predicted octanol–water partition coefficient (Wildman–Crippen LogP) is 4.43. The van der Waals surface area contributed by atoms with E-state index in [4.69, 9.17) is 21.1 Å². The molecule has 1 aliphatic heterocycles. The monoisotopic (exact) mass is 366 g/mol. The summed E-state index contributed by atoms with van der Waals surface area (Å²) in [5, 5.41) is 0.667. The standard InChI is InChI=1S/C16H12BrClO3/c17-14-3-1-2-11(8-19)16(14)21-9-12-7-13(18)6-10-4-5-20-15(10)12/h1-3,6-8H,4-5,9H2. The van der Waals surface area contributed by atoms with Crippen molar-refractivity contribution in [1.82, 2.24) is 0 Å². The molecule has 2 aromatic rings. The molecule has 2 aromatic carbocycles. The summed E-state index contributed by atoms with van der Waals surface area (Å²) in [6.45, 7) is 0.962. The van der Waals surface area contributed by atoms with Gasteiger partial charge in [-0.25, -0.2) is 0 Å². The Bertz CT molecular complexity index is 700. The van der Waals surface area contributed by atoms with Crippen LogP contribution in [0.25, 0.3) is 0 Å². The van der Waals surface area contributed by atoms with E-state index < -0.39 is 0 Å². The summed E-state index contributed by atoms with van der Waals surface area (Å²) in [5.41, 5.74) is 2.50. The van der Waals surface area contributed by atoms with Crippen molar-refractivity contribution in [2.24, 2.45) is 0 Å². The van der Waals surface area contributed by atoms with Crippen molar-refractivity contribution >= 4 is 33.8 Å². The first kappa shape index (κ1) is 14.4. The molecule has 108 valence electrons. The Kier molecular flexibility index (Phi) is 4.17. The van der Waals surface area contributed by atoms with Crippen LogP contribution in [0.2, 0.25) is 5.02 Å². The Morgan fingerprint density at radius 1 is 1.38 bits per heavy atom. The second-order valence-corrected chi connectivity index (χ2v) is 6.01. The second kappa shape index (κ2) is 6.08. The van der Waals surface area contributed by atoms with Crippen LogP contribution in [0.1, 0.15) is 21.5 Å². The quantitative estimate of drug-likeness (QED) is 0.750. The number of para-hydroxylation sites is 1. The SMILES string of the molecule is O=Cc1cccc(Br)c1OCc1cc(Cl)cc2c1OCC2. The molecule has 0 fully saturated rings. The summed E-state index contributed by atoms with van der Waals surface area (Å²) in [6, 6.07) is 9.10. The van der Waals surface area contributed by atoms with Crippen molar-refractivity contribution in [2.75, 3.05) is 6.61 Å². The van der Waals surface area contributed by atoms with E-state index in [0.717, 1.165) is 34.1 Å². The van der Waals surface area contributed by atoms with Crippen LogP contribution in [-0.2, 0) is 13.0 Å². The average molecular weight is 368 g/mol. The van der Waals surface area contributed by atoms with Crippen LogP contribution in [0.15, 0.2) is 34.8 Å². The minimum atomic E-state index is 0.298. The Hall–Kier alpha value is -1.52. The average Bonchev–Trinajstić information content (AvgIpc) is 2.93. The Morgan fingerprint density at radius 3 is 3.05 bits per heavy atom. The van der Waals surface area contributed by atoms with Gasteiger partial charge in [-0.3, -0.25) is 4.79 Å². The van der Waals surface area contributed by atoms with Crippen molar-refractivity contribution in [3.05, 3.63) is 56.5 Å². The number of aldehydes is 1. The summed E-state index contributed by atoms with van der Waals surface area (Å²) < 4.78 is 12.2. The number of halogens is 2. The minimum Gasteiger partial charge on any atom is -0.493 e. The number of hydrogen-bond donors (Lipinski definition) is 0. The third-order valence-electron chi connectivity index (χ3n) is 3.32. The highest BCUT2D eigenvalue weighted by molar-refractivity contribution is 9.10. The number of ether oxygens (including phenoxy) is 2. The minimum absolute atomic E-state index is 0.298. The number of hydrogen-bond acceptors (Lipinski definition) is 3. The van der Waals surface area contributed by atoms with E-state index >= 15 is 0 Å². The van der Waals surface area contributed by atoms with Crippen LogP contribution < -0.4 is 9.47 Å². The van der Waals surface area contributed by atoms with Crippen molar-refractivity contribution in [3.8, 4) is 11.5 Å². The molecule has 0 saturated heterocycles. The summed E-state index contributed by atoms with van der Waals surface area (Å²) in [4.78, 5) is 11.1.